The summed E-state index contributed by atoms with van der Waals surface area (Å²) in [4.78, 5) is 57.4. The highest BCUT2D eigenvalue weighted by atomic mass is 16.5. The van der Waals surface area contributed by atoms with Crippen LogP contribution in [0.15, 0.2) is 36.4 Å². The fourth-order valence-electron chi connectivity index (χ4n) is 7.35. The normalized spacial score (nSPS) is 17.5. The zero-order valence-electron chi connectivity index (χ0n) is 31.4. The minimum absolute atomic E-state index is 0.0344. The van der Waals surface area contributed by atoms with Crippen LogP contribution in [0.1, 0.15) is 98.7 Å². The summed E-state index contributed by atoms with van der Waals surface area (Å²) in [5, 5.41) is 5.74. The van der Waals surface area contributed by atoms with Gasteiger partial charge in [-0.3, -0.25) is 19.3 Å². The molecule has 2 aromatic carbocycles. The van der Waals surface area contributed by atoms with Gasteiger partial charge in [0.05, 0.1) is 19.3 Å². The third kappa shape index (κ3) is 9.89. The minimum atomic E-state index is -0.979. The molecule has 11 nitrogen and oxygen atoms in total. The lowest BCUT2D eigenvalue weighted by Crippen LogP contribution is -2.55. The first-order valence-corrected chi connectivity index (χ1v) is 18.6. The van der Waals surface area contributed by atoms with Crippen molar-refractivity contribution in [1.82, 2.24) is 20.4 Å². The molecule has 0 bridgehead atoms. The first-order valence-electron chi connectivity index (χ1n) is 18.6. The lowest BCUT2D eigenvalue weighted by molar-refractivity contribution is -0.132. The highest BCUT2D eigenvalue weighted by Gasteiger charge is 2.45. The molecule has 2 N–H and O–H groups in total. The molecule has 0 unspecified atom stereocenters. The van der Waals surface area contributed by atoms with Crippen LogP contribution < -0.4 is 20.3 Å². The van der Waals surface area contributed by atoms with Gasteiger partial charge in [-0.2, -0.15) is 0 Å². The Morgan fingerprint density at radius 1 is 1.06 bits per heavy atom. The van der Waals surface area contributed by atoms with Crippen LogP contribution in [-0.2, 0) is 32.1 Å². The molecule has 1 aliphatic carbocycles. The fraction of sp³-hybridized carbons (Fsp3) is 0.600. The van der Waals surface area contributed by atoms with E-state index in [4.69, 9.17) is 9.47 Å². The third-order valence-corrected chi connectivity index (χ3v) is 10.6. The Balaban J connectivity index is 1.10. The Bertz CT molecular complexity index is 1560. The van der Waals surface area contributed by atoms with E-state index in [-0.39, 0.29) is 29.1 Å². The number of anilines is 1. The number of nitrogens with one attached hydrogen (secondary N) is 2. The van der Waals surface area contributed by atoms with Gasteiger partial charge in [-0.1, -0.05) is 12.1 Å². The molecule has 3 amide bonds. The van der Waals surface area contributed by atoms with Crippen molar-refractivity contribution in [2.75, 3.05) is 65.4 Å². The van der Waals surface area contributed by atoms with E-state index < -0.39 is 5.54 Å². The van der Waals surface area contributed by atoms with Crippen molar-refractivity contribution < 1.29 is 28.7 Å². The van der Waals surface area contributed by atoms with Crippen LogP contribution in [0.25, 0.3) is 0 Å². The third-order valence-electron chi connectivity index (χ3n) is 10.6. The van der Waals surface area contributed by atoms with Crippen LogP contribution in [0.4, 0.5) is 5.69 Å². The number of benzene rings is 2. The summed E-state index contributed by atoms with van der Waals surface area (Å²) in [5.74, 6) is 0.676. The first kappa shape index (κ1) is 38.3. The molecule has 0 atom stereocenters. The Morgan fingerprint density at radius 3 is 2.39 bits per heavy atom. The number of hydrogen-bond acceptors (Lipinski definition) is 8. The van der Waals surface area contributed by atoms with Crippen molar-refractivity contribution in [3.8, 4) is 5.75 Å². The molecule has 0 radical (unpaired) electrons. The second-order valence-corrected chi connectivity index (χ2v) is 15.4. The molecule has 3 fully saturated rings. The number of nitrogens with zero attached hydrogens (tertiary/aromatic N) is 3. The summed E-state index contributed by atoms with van der Waals surface area (Å²) in [6, 6.07) is 12.2. The molecule has 0 aromatic heterocycles. The highest BCUT2D eigenvalue weighted by Crippen LogP contribution is 2.45. The Hall–Kier alpha value is -3.96. The Kier molecular flexibility index (Phi) is 12.4. The predicted molar refractivity (Wildman–Crippen MR) is 198 cm³/mol. The van der Waals surface area contributed by atoms with Crippen molar-refractivity contribution in [3.63, 3.8) is 0 Å². The Morgan fingerprint density at radius 2 is 1.76 bits per heavy atom. The molecular weight excluding hydrogens is 646 g/mol. The van der Waals surface area contributed by atoms with Crippen LogP contribution in [0.3, 0.4) is 0 Å². The quantitative estimate of drug-likeness (QED) is 0.243. The van der Waals surface area contributed by atoms with Gasteiger partial charge in [0.25, 0.3) is 0 Å². The van der Waals surface area contributed by atoms with E-state index in [2.05, 4.69) is 21.6 Å². The van der Waals surface area contributed by atoms with Crippen LogP contribution in [0.5, 0.6) is 5.75 Å². The molecule has 2 heterocycles. The van der Waals surface area contributed by atoms with Crippen molar-refractivity contribution in [2.45, 2.75) is 90.1 Å². The number of methoxy groups -OCH3 is 1. The molecule has 51 heavy (non-hydrogen) atoms. The number of amides is 3. The number of ether oxygens (including phenoxy) is 2. The number of hydrogen-bond donors (Lipinski definition) is 2. The van der Waals surface area contributed by atoms with E-state index in [0.29, 0.717) is 43.9 Å². The van der Waals surface area contributed by atoms with E-state index in [1.54, 1.807) is 13.8 Å². The average molecular weight is 704 g/mol. The van der Waals surface area contributed by atoms with E-state index >= 15 is 0 Å². The maximum absolute atomic E-state index is 13.3. The summed E-state index contributed by atoms with van der Waals surface area (Å²) in [5.41, 5.74) is 3.80. The van der Waals surface area contributed by atoms with Gasteiger partial charge < -0.3 is 29.9 Å². The van der Waals surface area contributed by atoms with Gasteiger partial charge in [0.2, 0.25) is 17.7 Å². The van der Waals surface area contributed by atoms with Gasteiger partial charge in [-0.25, -0.2) is 4.79 Å². The van der Waals surface area contributed by atoms with E-state index in [1.807, 2.05) is 61.2 Å². The molecule has 11 heteroatoms. The van der Waals surface area contributed by atoms with Gasteiger partial charge in [0, 0.05) is 50.3 Å². The van der Waals surface area contributed by atoms with Crippen molar-refractivity contribution in [2.24, 2.45) is 5.41 Å². The Labute approximate surface area is 303 Å². The number of carbonyl (C=O) groups is 4. The molecule has 2 aromatic rings. The molecule has 1 spiro atoms. The van der Waals surface area contributed by atoms with Crippen molar-refractivity contribution in [1.29, 1.82) is 0 Å². The topological polar surface area (TPSA) is 121 Å². The number of rotatable bonds is 16. The summed E-state index contributed by atoms with van der Waals surface area (Å²) in [7, 11) is 5.31. The average Bonchev–Trinajstić information content (AvgIpc) is 3.89. The van der Waals surface area contributed by atoms with Crippen molar-refractivity contribution >= 4 is 29.4 Å². The zero-order valence-corrected chi connectivity index (χ0v) is 31.4. The molecular formula is C40H57N5O6. The second kappa shape index (κ2) is 16.6. The van der Waals surface area contributed by atoms with E-state index in [1.165, 1.54) is 7.11 Å². The number of likely N-dealkylation sites (N-methyl/N-ethyl adjacent to an activating group) is 1. The lowest BCUT2D eigenvalue weighted by Gasteiger charge is -2.39. The molecule has 2 aliphatic heterocycles. The summed E-state index contributed by atoms with van der Waals surface area (Å²) in [6.45, 7) is 10.4. The predicted octanol–water partition coefficient (Wildman–Crippen LogP) is 4.66. The molecule has 1 saturated carbocycles. The molecule has 3 aliphatic rings. The number of likely N-dealkylation sites (tertiary alicyclic amines) is 1. The van der Waals surface area contributed by atoms with Gasteiger partial charge in [0.15, 0.2) is 0 Å². The first-order chi connectivity index (χ1) is 24.3. The standard InChI is InChI=1S/C40H57N5O6/c1-7-51-34-24-33(37(48)50-6)32(29-13-14-29)23-30(34)26-44-20-17-40(18-21-44)25-36(47)45(27-40)31-15-11-28(12-16-31)9-8-10-35(46)42-39(2,3)38(49)41-19-22-43(4)5/h11-12,15-16,23-24,29H,7-10,13-14,17-22,25-27H2,1-6H3,(H,41,49)(H,42,46). The van der Waals surface area contributed by atoms with Crippen LogP contribution in [0, 0.1) is 5.41 Å². The maximum Gasteiger partial charge on any atom is 0.338 e. The molecule has 5 rings (SSSR count). The van der Waals surface area contributed by atoms with Crippen LogP contribution in [0.2, 0.25) is 0 Å². The number of esters is 1. The molecule has 2 saturated heterocycles. The SMILES string of the molecule is CCOc1cc(C(=O)OC)c(C2CC2)cc1CN1CCC2(CC1)CC(=O)N(c1ccc(CCCC(=O)NC(C)(C)C(=O)NCCN(C)C)cc1)C2. The highest BCUT2D eigenvalue weighted by molar-refractivity contribution is 5.96. The zero-order chi connectivity index (χ0) is 36.8. The second-order valence-electron chi connectivity index (χ2n) is 15.4. The number of carbonyl (C=O) groups excluding carboxylic acids is 4. The largest absolute Gasteiger partial charge is 0.494 e. The summed E-state index contributed by atoms with van der Waals surface area (Å²) in [6.07, 6.45) is 6.36. The van der Waals surface area contributed by atoms with Gasteiger partial charge in [-0.15, -0.1) is 0 Å². The summed E-state index contributed by atoms with van der Waals surface area (Å²) < 4.78 is 11.1. The van der Waals surface area contributed by atoms with E-state index in [9.17, 15) is 19.2 Å². The fourth-order valence-corrected chi connectivity index (χ4v) is 7.35. The van der Waals surface area contributed by atoms with Gasteiger partial charge >= 0.3 is 5.97 Å². The maximum atomic E-state index is 13.3. The van der Waals surface area contributed by atoms with Gasteiger partial charge in [-0.05, 0) is 133 Å². The molecule has 278 valence electrons. The monoisotopic (exact) mass is 703 g/mol. The number of aryl methyl sites for hydroxylation is 1. The van der Waals surface area contributed by atoms with Crippen LogP contribution in [-0.4, -0.2) is 99.6 Å². The van der Waals surface area contributed by atoms with Gasteiger partial charge in [0.1, 0.15) is 11.3 Å². The van der Waals surface area contributed by atoms with E-state index in [0.717, 1.165) is 93.0 Å². The van der Waals surface area contributed by atoms with Crippen molar-refractivity contribution in [3.05, 3.63) is 58.7 Å². The lowest BCUT2D eigenvalue weighted by atomic mass is 9.77. The number of piperidine rings is 1. The summed E-state index contributed by atoms with van der Waals surface area (Å²) >= 11 is 0. The van der Waals surface area contributed by atoms with Crippen LogP contribution >= 0.6 is 0 Å². The smallest absolute Gasteiger partial charge is 0.338 e. The minimum Gasteiger partial charge on any atom is -0.494 e.